The number of amides is 1. The molecule has 6 heteroatoms. The van der Waals surface area contributed by atoms with Crippen LogP contribution in [0, 0.1) is 5.41 Å². The third-order valence-electron chi connectivity index (χ3n) is 4.03. The number of likely N-dealkylation sites (tertiary alicyclic amines) is 1. The Morgan fingerprint density at radius 3 is 2.85 bits per heavy atom. The third-order valence-corrected chi connectivity index (χ3v) is 4.03. The Hall–Kier alpha value is -1.85. The molecule has 6 nitrogen and oxygen atoms in total. The highest BCUT2D eigenvalue weighted by Gasteiger charge is 2.45. The smallest absolute Gasteiger partial charge is 0.311 e. The van der Waals surface area contributed by atoms with Crippen LogP contribution in [0.3, 0.4) is 0 Å². The van der Waals surface area contributed by atoms with Crippen molar-refractivity contribution in [2.24, 2.45) is 5.41 Å². The van der Waals surface area contributed by atoms with Gasteiger partial charge < -0.3 is 14.6 Å². The molecule has 0 bridgehead atoms. The first-order valence-electron chi connectivity index (χ1n) is 7.04. The number of nitrogens with zero attached hydrogens (tertiary/aromatic N) is 3. The van der Waals surface area contributed by atoms with Crippen molar-refractivity contribution in [1.29, 1.82) is 0 Å². The van der Waals surface area contributed by atoms with Gasteiger partial charge in [0.25, 0.3) is 0 Å². The maximum absolute atomic E-state index is 12.2. The molecule has 0 spiro atoms. The van der Waals surface area contributed by atoms with Crippen molar-refractivity contribution in [2.75, 3.05) is 13.1 Å². The second-order valence-electron chi connectivity index (χ2n) is 5.45. The normalized spacial score (nSPS) is 22.1. The highest BCUT2D eigenvalue weighted by atomic mass is 16.4. The van der Waals surface area contributed by atoms with Crippen molar-refractivity contribution in [2.45, 2.75) is 39.2 Å². The highest BCUT2D eigenvalue weighted by molar-refractivity contribution is 5.80. The molecule has 110 valence electrons. The number of hydrogen-bond donors (Lipinski definition) is 1. The average Bonchev–Trinajstić information content (AvgIpc) is 3.06. The van der Waals surface area contributed by atoms with Crippen molar-refractivity contribution in [3.63, 3.8) is 0 Å². The number of aromatic nitrogens is 2. The standard InChI is InChI=1S/C14H21N3O3/c1-2-4-14(13(19)20)5-8-17(10-14)12(18)3-7-16-9-6-15-11-16/h6,9,11H,2-5,7-8,10H2,1H3,(H,19,20). The molecule has 0 saturated carbocycles. The maximum atomic E-state index is 12.2. The van der Waals surface area contributed by atoms with Gasteiger partial charge in [-0.15, -0.1) is 0 Å². The zero-order valence-corrected chi connectivity index (χ0v) is 11.8. The van der Waals surface area contributed by atoms with Gasteiger partial charge in [0.15, 0.2) is 0 Å². The van der Waals surface area contributed by atoms with Crippen LogP contribution in [-0.4, -0.2) is 44.5 Å². The van der Waals surface area contributed by atoms with E-state index in [4.69, 9.17) is 0 Å². The van der Waals surface area contributed by atoms with Gasteiger partial charge in [0, 0.05) is 38.4 Å². The van der Waals surface area contributed by atoms with Gasteiger partial charge in [-0.05, 0) is 12.8 Å². The minimum absolute atomic E-state index is 0.0259. The molecule has 1 aromatic rings. The van der Waals surface area contributed by atoms with Gasteiger partial charge in [0.05, 0.1) is 11.7 Å². The van der Waals surface area contributed by atoms with E-state index in [0.29, 0.717) is 38.9 Å². The number of imidazole rings is 1. The van der Waals surface area contributed by atoms with E-state index in [1.54, 1.807) is 17.4 Å². The van der Waals surface area contributed by atoms with Crippen LogP contribution in [-0.2, 0) is 16.1 Å². The number of hydrogen-bond acceptors (Lipinski definition) is 3. The second kappa shape index (κ2) is 6.07. The van der Waals surface area contributed by atoms with Crippen LogP contribution in [0.5, 0.6) is 0 Å². The molecule has 1 unspecified atom stereocenters. The van der Waals surface area contributed by atoms with Crippen LogP contribution in [0.2, 0.25) is 0 Å². The zero-order chi connectivity index (χ0) is 14.6. The lowest BCUT2D eigenvalue weighted by molar-refractivity contribution is -0.149. The van der Waals surface area contributed by atoms with Crippen molar-refractivity contribution in [3.05, 3.63) is 18.7 Å². The summed E-state index contributed by atoms with van der Waals surface area (Å²) < 4.78 is 1.85. The Morgan fingerprint density at radius 1 is 1.45 bits per heavy atom. The molecular formula is C14H21N3O3. The van der Waals surface area contributed by atoms with Crippen LogP contribution < -0.4 is 0 Å². The fraction of sp³-hybridized carbons (Fsp3) is 0.643. The van der Waals surface area contributed by atoms with E-state index in [-0.39, 0.29) is 5.91 Å². The van der Waals surface area contributed by atoms with Crippen molar-refractivity contribution in [1.82, 2.24) is 14.5 Å². The van der Waals surface area contributed by atoms with Gasteiger partial charge in [0.2, 0.25) is 5.91 Å². The number of carbonyl (C=O) groups excluding carboxylic acids is 1. The molecular weight excluding hydrogens is 258 g/mol. The summed E-state index contributed by atoms with van der Waals surface area (Å²) in [6.45, 7) is 3.46. The summed E-state index contributed by atoms with van der Waals surface area (Å²) in [5.41, 5.74) is -0.737. The first-order valence-corrected chi connectivity index (χ1v) is 7.04. The molecule has 1 saturated heterocycles. The predicted molar refractivity (Wildman–Crippen MR) is 73.0 cm³/mol. The molecule has 1 atom stereocenters. The van der Waals surface area contributed by atoms with Crippen LogP contribution >= 0.6 is 0 Å². The third kappa shape index (κ3) is 3.00. The van der Waals surface area contributed by atoms with E-state index >= 15 is 0 Å². The summed E-state index contributed by atoms with van der Waals surface area (Å²) in [5, 5.41) is 9.42. The molecule has 20 heavy (non-hydrogen) atoms. The molecule has 1 aromatic heterocycles. The first kappa shape index (κ1) is 14.6. The summed E-state index contributed by atoms with van der Waals surface area (Å²) in [6.07, 6.45) is 7.57. The Morgan fingerprint density at radius 2 is 2.25 bits per heavy atom. The Bertz CT molecular complexity index is 472. The van der Waals surface area contributed by atoms with Crippen molar-refractivity contribution >= 4 is 11.9 Å². The lowest BCUT2D eigenvalue weighted by atomic mass is 9.83. The summed E-state index contributed by atoms with van der Waals surface area (Å²) in [6, 6.07) is 0. The summed E-state index contributed by atoms with van der Waals surface area (Å²) >= 11 is 0. The van der Waals surface area contributed by atoms with Crippen LogP contribution in [0.4, 0.5) is 0 Å². The van der Waals surface area contributed by atoms with Crippen LogP contribution in [0.25, 0.3) is 0 Å². The number of aliphatic carboxylic acids is 1. The summed E-state index contributed by atoms with van der Waals surface area (Å²) in [7, 11) is 0. The number of carboxylic acid groups (broad SMARTS) is 1. The lowest BCUT2D eigenvalue weighted by Gasteiger charge is -2.24. The second-order valence-corrected chi connectivity index (χ2v) is 5.45. The van der Waals surface area contributed by atoms with Gasteiger partial charge in [0.1, 0.15) is 0 Å². The molecule has 1 N–H and O–H groups in total. The number of carbonyl (C=O) groups is 2. The number of rotatable bonds is 6. The molecule has 2 rings (SSSR count). The molecule has 2 heterocycles. The fourth-order valence-corrected chi connectivity index (χ4v) is 2.85. The lowest BCUT2D eigenvalue weighted by Crippen LogP contribution is -2.37. The minimum Gasteiger partial charge on any atom is -0.481 e. The maximum Gasteiger partial charge on any atom is 0.311 e. The largest absolute Gasteiger partial charge is 0.481 e. The zero-order valence-electron chi connectivity index (χ0n) is 11.8. The van der Waals surface area contributed by atoms with Gasteiger partial charge in [-0.25, -0.2) is 4.98 Å². The Labute approximate surface area is 118 Å². The van der Waals surface area contributed by atoms with Crippen molar-refractivity contribution in [3.8, 4) is 0 Å². The quantitative estimate of drug-likeness (QED) is 0.853. The minimum atomic E-state index is -0.774. The van der Waals surface area contributed by atoms with Gasteiger partial charge >= 0.3 is 5.97 Å². The summed E-state index contributed by atoms with van der Waals surface area (Å²) in [4.78, 5) is 29.3. The molecule has 0 aliphatic carbocycles. The molecule has 1 aliphatic heterocycles. The fourth-order valence-electron chi connectivity index (χ4n) is 2.85. The van der Waals surface area contributed by atoms with E-state index in [1.807, 2.05) is 17.7 Å². The Kier molecular flexibility index (Phi) is 4.42. The van der Waals surface area contributed by atoms with E-state index in [2.05, 4.69) is 4.98 Å². The van der Waals surface area contributed by atoms with Crippen LogP contribution in [0.1, 0.15) is 32.6 Å². The van der Waals surface area contributed by atoms with Crippen LogP contribution in [0.15, 0.2) is 18.7 Å². The van der Waals surface area contributed by atoms with Crippen molar-refractivity contribution < 1.29 is 14.7 Å². The predicted octanol–water partition coefficient (Wildman–Crippen LogP) is 1.38. The van der Waals surface area contributed by atoms with Gasteiger partial charge in [-0.2, -0.15) is 0 Å². The Balaban J connectivity index is 1.90. The van der Waals surface area contributed by atoms with E-state index in [9.17, 15) is 14.7 Å². The SMILES string of the molecule is CCCC1(C(=O)O)CCN(C(=O)CCn2ccnc2)C1. The molecule has 0 aromatic carbocycles. The highest BCUT2D eigenvalue weighted by Crippen LogP contribution is 2.35. The average molecular weight is 279 g/mol. The number of carboxylic acids is 1. The summed E-state index contributed by atoms with van der Waals surface area (Å²) in [5.74, 6) is -0.748. The van der Waals surface area contributed by atoms with E-state index < -0.39 is 11.4 Å². The first-order chi connectivity index (χ1) is 9.57. The van der Waals surface area contributed by atoms with E-state index in [1.165, 1.54) is 0 Å². The monoisotopic (exact) mass is 279 g/mol. The van der Waals surface area contributed by atoms with Gasteiger partial charge in [-0.1, -0.05) is 13.3 Å². The van der Waals surface area contributed by atoms with Gasteiger partial charge in [-0.3, -0.25) is 9.59 Å². The number of aryl methyl sites for hydroxylation is 1. The molecule has 1 amide bonds. The van der Waals surface area contributed by atoms with E-state index in [0.717, 1.165) is 6.42 Å². The topological polar surface area (TPSA) is 75.4 Å². The molecule has 1 fully saturated rings. The molecule has 0 radical (unpaired) electrons. The molecule has 1 aliphatic rings.